The standard InChI is InChI=1S/C21H30N2O3/c1-26-19-13-17-5-2-4-16(17)12-18(19)14-22-9-7-21(15-22)6-3-8-23(10-11-24)20(21)25/h12-13,24H,2-11,14-15H2,1H3/t21-/m0/s1. The summed E-state index contributed by atoms with van der Waals surface area (Å²) in [7, 11) is 1.75. The molecule has 1 N–H and O–H groups in total. The Morgan fingerprint density at radius 3 is 2.73 bits per heavy atom. The Balaban J connectivity index is 1.49. The molecule has 0 bridgehead atoms. The molecule has 0 unspecified atom stereocenters. The molecule has 142 valence electrons. The number of hydrogen-bond donors (Lipinski definition) is 1. The van der Waals surface area contributed by atoms with Crippen LogP contribution in [0.3, 0.4) is 0 Å². The van der Waals surface area contributed by atoms with Crippen molar-refractivity contribution < 1.29 is 14.6 Å². The molecule has 1 amide bonds. The van der Waals surface area contributed by atoms with Crippen molar-refractivity contribution in [3.05, 3.63) is 28.8 Å². The van der Waals surface area contributed by atoms with Gasteiger partial charge in [-0.1, -0.05) is 6.07 Å². The Bertz CT molecular complexity index is 688. The maximum atomic E-state index is 13.0. The average Bonchev–Trinajstić information content (AvgIpc) is 3.26. The van der Waals surface area contributed by atoms with Crippen LogP contribution in [-0.2, 0) is 24.2 Å². The molecule has 2 aliphatic heterocycles. The van der Waals surface area contributed by atoms with E-state index in [4.69, 9.17) is 4.74 Å². The van der Waals surface area contributed by atoms with E-state index in [1.807, 2.05) is 4.90 Å². The van der Waals surface area contributed by atoms with Crippen LogP contribution < -0.4 is 4.74 Å². The number of aliphatic hydroxyl groups is 1. The highest BCUT2D eigenvalue weighted by Gasteiger charge is 2.48. The van der Waals surface area contributed by atoms with Crippen molar-refractivity contribution in [3.8, 4) is 5.75 Å². The third kappa shape index (κ3) is 3.12. The molecule has 1 atom stereocenters. The Hall–Kier alpha value is -1.59. The number of β-amino-alcohol motifs (C(OH)–C–C–N with tert-alkyl or cyclic N) is 1. The van der Waals surface area contributed by atoms with Gasteiger partial charge in [0.2, 0.25) is 5.91 Å². The largest absolute Gasteiger partial charge is 0.496 e. The topological polar surface area (TPSA) is 53.0 Å². The summed E-state index contributed by atoms with van der Waals surface area (Å²) in [6.45, 7) is 3.95. The summed E-state index contributed by atoms with van der Waals surface area (Å²) in [5, 5.41) is 9.23. The fraction of sp³-hybridized carbons (Fsp3) is 0.667. The van der Waals surface area contributed by atoms with Gasteiger partial charge in [0.1, 0.15) is 5.75 Å². The molecule has 1 spiro atoms. The predicted molar refractivity (Wildman–Crippen MR) is 100 cm³/mol. The lowest BCUT2D eigenvalue weighted by atomic mass is 9.78. The lowest BCUT2D eigenvalue weighted by Crippen LogP contribution is -2.50. The first-order valence-corrected chi connectivity index (χ1v) is 9.96. The van der Waals surface area contributed by atoms with Crippen LogP contribution in [0.15, 0.2) is 12.1 Å². The van der Waals surface area contributed by atoms with E-state index >= 15 is 0 Å². The Labute approximate surface area is 155 Å². The number of nitrogens with zero attached hydrogens (tertiary/aromatic N) is 2. The van der Waals surface area contributed by atoms with E-state index in [1.54, 1.807) is 7.11 Å². The zero-order chi connectivity index (χ0) is 18.1. The number of methoxy groups -OCH3 is 1. The molecule has 26 heavy (non-hydrogen) atoms. The molecule has 5 nitrogen and oxygen atoms in total. The lowest BCUT2D eigenvalue weighted by Gasteiger charge is -2.39. The van der Waals surface area contributed by atoms with Crippen LogP contribution in [0.5, 0.6) is 5.75 Å². The van der Waals surface area contributed by atoms with Crippen LogP contribution >= 0.6 is 0 Å². The second-order valence-corrected chi connectivity index (χ2v) is 8.15. The maximum absolute atomic E-state index is 13.0. The van der Waals surface area contributed by atoms with Gasteiger partial charge in [0, 0.05) is 31.7 Å². The minimum Gasteiger partial charge on any atom is -0.496 e. The number of piperidine rings is 1. The second-order valence-electron chi connectivity index (χ2n) is 8.15. The fourth-order valence-corrected chi connectivity index (χ4v) is 5.17. The van der Waals surface area contributed by atoms with Gasteiger partial charge in [-0.05, 0) is 62.3 Å². The molecular formula is C21H30N2O3. The van der Waals surface area contributed by atoms with E-state index in [-0.39, 0.29) is 17.9 Å². The van der Waals surface area contributed by atoms with E-state index < -0.39 is 0 Å². The molecule has 0 aromatic heterocycles. The predicted octanol–water partition coefficient (Wildman–Crippen LogP) is 1.99. The summed E-state index contributed by atoms with van der Waals surface area (Å²) in [5.74, 6) is 1.24. The van der Waals surface area contributed by atoms with Crippen LogP contribution in [-0.4, -0.2) is 60.7 Å². The molecule has 0 radical (unpaired) electrons. The van der Waals surface area contributed by atoms with Crippen molar-refractivity contribution >= 4 is 5.91 Å². The average molecular weight is 358 g/mol. The molecular weight excluding hydrogens is 328 g/mol. The van der Waals surface area contributed by atoms with Gasteiger partial charge in [0.25, 0.3) is 0 Å². The molecule has 4 rings (SSSR count). The molecule has 2 fully saturated rings. The number of amides is 1. The molecule has 1 aromatic rings. The Morgan fingerprint density at radius 1 is 1.15 bits per heavy atom. The van der Waals surface area contributed by atoms with Gasteiger partial charge in [-0.15, -0.1) is 0 Å². The van der Waals surface area contributed by atoms with Gasteiger partial charge in [-0.2, -0.15) is 0 Å². The van der Waals surface area contributed by atoms with Crippen molar-refractivity contribution in [2.45, 2.75) is 45.1 Å². The summed E-state index contributed by atoms with van der Waals surface area (Å²) >= 11 is 0. The zero-order valence-electron chi connectivity index (χ0n) is 15.8. The number of carbonyl (C=O) groups is 1. The zero-order valence-corrected chi connectivity index (χ0v) is 15.8. The fourth-order valence-electron chi connectivity index (χ4n) is 5.17. The highest BCUT2D eigenvalue weighted by atomic mass is 16.5. The number of ether oxygens (including phenoxy) is 1. The monoisotopic (exact) mass is 358 g/mol. The number of benzene rings is 1. The van der Waals surface area contributed by atoms with Crippen molar-refractivity contribution in [2.24, 2.45) is 5.41 Å². The molecule has 1 aliphatic carbocycles. The highest BCUT2D eigenvalue weighted by Crippen LogP contribution is 2.41. The lowest BCUT2D eigenvalue weighted by molar-refractivity contribution is -0.146. The van der Waals surface area contributed by atoms with Gasteiger partial charge < -0.3 is 14.7 Å². The van der Waals surface area contributed by atoms with E-state index in [2.05, 4.69) is 17.0 Å². The maximum Gasteiger partial charge on any atom is 0.230 e. The number of rotatable bonds is 5. The minimum absolute atomic E-state index is 0.0534. The quantitative estimate of drug-likeness (QED) is 0.875. The highest BCUT2D eigenvalue weighted by molar-refractivity contribution is 5.84. The third-order valence-corrected chi connectivity index (χ3v) is 6.52. The van der Waals surface area contributed by atoms with Gasteiger partial charge >= 0.3 is 0 Å². The van der Waals surface area contributed by atoms with Crippen LogP contribution in [0.25, 0.3) is 0 Å². The molecule has 5 heteroatoms. The number of aliphatic hydroxyl groups excluding tert-OH is 1. The van der Waals surface area contributed by atoms with E-state index in [0.717, 1.165) is 57.6 Å². The molecule has 1 aromatic carbocycles. The Morgan fingerprint density at radius 2 is 1.96 bits per heavy atom. The molecule has 0 saturated carbocycles. The number of fused-ring (bicyclic) bond motifs is 1. The molecule has 2 saturated heterocycles. The van der Waals surface area contributed by atoms with Crippen LogP contribution in [0, 0.1) is 5.41 Å². The van der Waals surface area contributed by atoms with Gasteiger partial charge in [0.15, 0.2) is 0 Å². The molecule has 3 aliphatic rings. The number of aryl methyl sites for hydroxylation is 2. The summed E-state index contributed by atoms with van der Waals surface area (Å²) in [6, 6.07) is 4.55. The summed E-state index contributed by atoms with van der Waals surface area (Å²) in [5.41, 5.74) is 3.92. The summed E-state index contributed by atoms with van der Waals surface area (Å²) in [6.07, 6.45) is 6.52. The van der Waals surface area contributed by atoms with Gasteiger partial charge in [-0.3, -0.25) is 9.69 Å². The second kappa shape index (κ2) is 7.20. The van der Waals surface area contributed by atoms with Crippen LogP contribution in [0.2, 0.25) is 0 Å². The number of likely N-dealkylation sites (tertiary alicyclic amines) is 2. The van der Waals surface area contributed by atoms with E-state index in [1.165, 1.54) is 29.5 Å². The minimum atomic E-state index is -0.239. The Kier molecular flexibility index (Phi) is 4.93. The first kappa shape index (κ1) is 17.8. The van der Waals surface area contributed by atoms with Gasteiger partial charge in [0.05, 0.1) is 19.1 Å². The first-order valence-electron chi connectivity index (χ1n) is 9.96. The normalized spacial score (nSPS) is 25.9. The smallest absolute Gasteiger partial charge is 0.230 e. The number of carbonyl (C=O) groups excluding carboxylic acids is 1. The van der Waals surface area contributed by atoms with E-state index in [9.17, 15) is 9.90 Å². The van der Waals surface area contributed by atoms with Crippen LogP contribution in [0.4, 0.5) is 0 Å². The van der Waals surface area contributed by atoms with E-state index in [0.29, 0.717) is 6.54 Å². The van der Waals surface area contributed by atoms with Crippen molar-refractivity contribution in [2.75, 3.05) is 39.9 Å². The number of hydrogen-bond acceptors (Lipinski definition) is 4. The van der Waals surface area contributed by atoms with Crippen LogP contribution in [0.1, 0.15) is 42.4 Å². The first-order chi connectivity index (χ1) is 12.6. The van der Waals surface area contributed by atoms with Crippen molar-refractivity contribution in [1.29, 1.82) is 0 Å². The van der Waals surface area contributed by atoms with Crippen molar-refractivity contribution in [3.63, 3.8) is 0 Å². The SMILES string of the molecule is COc1cc2c(cc1CN1CC[C@@]3(CCCN(CCO)C3=O)C1)CCC2. The molecule has 2 heterocycles. The van der Waals surface area contributed by atoms with Crippen molar-refractivity contribution in [1.82, 2.24) is 9.80 Å². The summed E-state index contributed by atoms with van der Waals surface area (Å²) in [4.78, 5) is 17.3. The summed E-state index contributed by atoms with van der Waals surface area (Å²) < 4.78 is 5.66. The third-order valence-electron chi connectivity index (χ3n) is 6.52. The van der Waals surface area contributed by atoms with Gasteiger partial charge in [-0.25, -0.2) is 0 Å².